The molecule has 4 aromatic rings. The van der Waals surface area contributed by atoms with E-state index in [1.807, 2.05) is 12.1 Å². The van der Waals surface area contributed by atoms with Crippen LogP contribution in [-0.2, 0) is 0 Å². The van der Waals surface area contributed by atoms with Crippen molar-refractivity contribution in [3.8, 4) is 17.1 Å². The van der Waals surface area contributed by atoms with E-state index in [2.05, 4.69) is 5.16 Å². The quantitative estimate of drug-likeness (QED) is 0.532. The van der Waals surface area contributed by atoms with Crippen LogP contribution < -0.4 is 11.4 Å². The van der Waals surface area contributed by atoms with Gasteiger partial charge in [-0.3, -0.25) is 4.52 Å². The Morgan fingerprint density at radius 2 is 1.65 bits per heavy atom. The van der Waals surface area contributed by atoms with Gasteiger partial charge in [-0.15, -0.1) is 0 Å². The van der Waals surface area contributed by atoms with Crippen molar-refractivity contribution >= 4 is 11.0 Å². The lowest BCUT2D eigenvalue weighted by atomic mass is 10.1. The first kappa shape index (κ1) is 13.3. The van der Waals surface area contributed by atoms with Gasteiger partial charge in [-0.05, 0) is 18.2 Å². The molecule has 0 radical (unpaired) electrons. The van der Waals surface area contributed by atoms with E-state index in [1.54, 1.807) is 42.5 Å². The molecule has 2 aromatic carbocycles. The lowest BCUT2D eigenvalue weighted by Gasteiger charge is -2.06. The average Bonchev–Trinajstić information content (AvgIpc) is 2.96. The standard InChI is InChI=1S/C17H10N2O4/c20-15-10-13(12-8-4-5-9-14(12)22-15)16-18-23-17(21)19(16)11-6-2-1-3-7-11/h1-10H. The van der Waals surface area contributed by atoms with Gasteiger partial charge in [0.2, 0.25) is 0 Å². The summed E-state index contributed by atoms with van der Waals surface area (Å²) in [4.78, 5) is 23.9. The highest BCUT2D eigenvalue weighted by Gasteiger charge is 2.18. The van der Waals surface area contributed by atoms with Crippen LogP contribution in [0, 0.1) is 0 Å². The van der Waals surface area contributed by atoms with Crippen LogP contribution in [0.1, 0.15) is 0 Å². The highest BCUT2D eigenvalue weighted by Crippen LogP contribution is 2.26. The molecule has 0 bridgehead atoms. The van der Waals surface area contributed by atoms with E-state index >= 15 is 0 Å². The first-order valence-electron chi connectivity index (χ1n) is 6.91. The number of nitrogens with zero attached hydrogens (tertiary/aromatic N) is 2. The zero-order valence-corrected chi connectivity index (χ0v) is 11.8. The first-order chi connectivity index (χ1) is 11.2. The maximum absolute atomic E-state index is 12.1. The van der Waals surface area contributed by atoms with E-state index in [-0.39, 0.29) is 5.82 Å². The lowest BCUT2D eigenvalue weighted by molar-refractivity contribution is 0.383. The number of rotatable bonds is 2. The Kier molecular flexibility index (Phi) is 2.94. The minimum Gasteiger partial charge on any atom is -0.423 e. The van der Waals surface area contributed by atoms with Gasteiger partial charge < -0.3 is 4.42 Å². The van der Waals surface area contributed by atoms with Gasteiger partial charge in [-0.25, -0.2) is 14.2 Å². The molecule has 112 valence electrons. The zero-order valence-electron chi connectivity index (χ0n) is 11.8. The second-order valence-electron chi connectivity index (χ2n) is 4.92. The van der Waals surface area contributed by atoms with Gasteiger partial charge >= 0.3 is 11.4 Å². The SMILES string of the molecule is O=c1cc(-c2noc(=O)n2-c2ccccc2)c2ccccc2o1. The summed E-state index contributed by atoms with van der Waals surface area (Å²) in [6.45, 7) is 0. The van der Waals surface area contributed by atoms with Gasteiger partial charge in [0.1, 0.15) is 5.58 Å². The fourth-order valence-corrected chi connectivity index (χ4v) is 2.52. The van der Waals surface area contributed by atoms with Crippen LogP contribution in [0.2, 0.25) is 0 Å². The van der Waals surface area contributed by atoms with E-state index < -0.39 is 11.4 Å². The largest absolute Gasteiger partial charge is 0.446 e. The van der Waals surface area contributed by atoms with Crippen molar-refractivity contribution in [1.29, 1.82) is 0 Å². The number of hydrogen-bond donors (Lipinski definition) is 0. The summed E-state index contributed by atoms with van der Waals surface area (Å²) < 4.78 is 11.3. The Morgan fingerprint density at radius 3 is 2.48 bits per heavy atom. The van der Waals surface area contributed by atoms with Crippen molar-refractivity contribution in [1.82, 2.24) is 9.72 Å². The molecule has 0 aliphatic rings. The number of aromatic nitrogens is 2. The highest BCUT2D eigenvalue weighted by atomic mass is 16.5. The van der Waals surface area contributed by atoms with Gasteiger partial charge in [0.25, 0.3) is 0 Å². The Labute approximate surface area is 129 Å². The van der Waals surface area contributed by atoms with Gasteiger partial charge in [-0.2, -0.15) is 0 Å². The Balaban J connectivity index is 2.08. The summed E-state index contributed by atoms with van der Waals surface area (Å²) in [5, 5.41) is 4.52. The molecular weight excluding hydrogens is 296 g/mol. The summed E-state index contributed by atoms with van der Waals surface area (Å²) in [5.74, 6) is -0.367. The van der Waals surface area contributed by atoms with Crippen molar-refractivity contribution < 1.29 is 8.94 Å². The normalized spacial score (nSPS) is 11.0. The third-order valence-corrected chi connectivity index (χ3v) is 3.51. The summed E-state index contributed by atoms with van der Waals surface area (Å²) in [7, 11) is 0. The molecule has 0 saturated heterocycles. The second kappa shape index (κ2) is 5.10. The van der Waals surface area contributed by atoms with Crippen LogP contribution in [0.3, 0.4) is 0 Å². The van der Waals surface area contributed by atoms with Gasteiger partial charge in [0.15, 0.2) is 5.82 Å². The molecule has 2 aromatic heterocycles. The number of benzene rings is 2. The van der Waals surface area contributed by atoms with E-state index in [1.165, 1.54) is 10.6 Å². The van der Waals surface area contributed by atoms with E-state index in [0.717, 1.165) is 0 Å². The molecule has 0 spiro atoms. The summed E-state index contributed by atoms with van der Waals surface area (Å²) in [6, 6.07) is 17.3. The molecule has 6 heteroatoms. The molecule has 0 aliphatic heterocycles. The third kappa shape index (κ3) is 2.17. The van der Waals surface area contributed by atoms with Crippen molar-refractivity contribution in [2.24, 2.45) is 0 Å². The Hall–Kier alpha value is -3.41. The smallest absolute Gasteiger partial charge is 0.423 e. The zero-order chi connectivity index (χ0) is 15.8. The van der Waals surface area contributed by atoms with Crippen molar-refractivity contribution in [2.45, 2.75) is 0 Å². The minimum atomic E-state index is -0.622. The predicted molar refractivity (Wildman–Crippen MR) is 83.6 cm³/mol. The van der Waals surface area contributed by atoms with Crippen molar-refractivity contribution in [2.75, 3.05) is 0 Å². The number of hydrogen-bond acceptors (Lipinski definition) is 5. The molecule has 0 atom stereocenters. The van der Waals surface area contributed by atoms with Crippen molar-refractivity contribution in [3.63, 3.8) is 0 Å². The monoisotopic (exact) mass is 306 g/mol. The van der Waals surface area contributed by atoms with Gasteiger partial charge in [0, 0.05) is 17.0 Å². The highest BCUT2D eigenvalue weighted by molar-refractivity contribution is 5.91. The molecule has 0 aliphatic carbocycles. The maximum atomic E-state index is 12.1. The molecular formula is C17H10N2O4. The maximum Gasteiger partial charge on any atom is 0.446 e. The van der Waals surface area contributed by atoms with Crippen LogP contribution in [0.25, 0.3) is 28.0 Å². The Bertz CT molecular complexity index is 1110. The molecule has 0 saturated carbocycles. The molecule has 23 heavy (non-hydrogen) atoms. The molecule has 0 N–H and O–H groups in total. The molecule has 0 unspecified atom stereocenters. The topological polar surface area (TPSA) is 78.2 Å². The van der Waals surface area contributed by atoms with Gasteiger partial charge in [-0.1, -0.05) is 41.6 Å². The lowest BCUT2D eigenvalue weighted by Crippen LogP contribution is -2.13. The summed E-state index contributed by atoms with van der Waals surface area (Å²) in [6.07, 6.45) is 0. The Morgan fingerprint density at radius 1 is 0.913 bits per heavy atom. The van der Waals surface area contributed by atoms with E-state index in [4.69, 9.17) is 8.94 Å². The van der Waals surface area contributed by atoms with Crippen molar-refractivity contribution in [3.05, 3.63) is 81.6 Å². The third-order valence-electron chi connectivity index (χ3n) is 3.51. The fourth-order valence-electron chi connectivity index (χ4n) is 2.52. The molecule has 2 heterocycles. The fraction of sp³-hybridized carbons (Fsp3) is 0. The number of para-hydroxylation sites is 2. The summed E-state index contributed by atoms with van der Waals surface area (Å²) in [5.41, 5.74) is 0.983. The van der Waals surface area contributed by atoms with Crippen LogP contribution in [0.5, 0.6) is 0 Å². The van der Waals surface area contributed by atoms with Crippen LogP contribution in [0.4, 0.5) is 0 Å². The molecule has 4 rings (SSSR count). The molecule has 0 amide bonds. The molecule has 6 nitrogen and oxygen atoms in total. The average molecular weight is 306 g/mol. The van der Waals surface area contributed by atoms with Crippen LogP contribution in [0.15, 0.2) is 79.2 Å². The van der Waals surface area contributed by atoms with E-state index in [0.29, 0.717) is 22.2 Å². The van der Waals surface area contributed by atoms with Crippen LogP contribution in [-0.4, -0.2) is 9.72 Å². The van der Waals surface area contributed by atoms with E-state index in [9.17, 15) is 9.59 Å². The second-order valence-corrected chi connectivity index (χ2v) is 4.92. The molecule has 0 fully saturated rings. The summed E-state index contributed by atoms with van der Waals surface area (Å²) >= 11 is 0. The first-order valence-corrected chi connectivity index (χ1v) is 6.91. The van der Waals surface area contributed by atoms with Gasteiger partial charge in [0.05, 0.1) is 5.69 Å². The van der Waals surface area contributed by atoms with Crippen LogP contribution >= 0.6 is 0 Å². The minimum absolute atomic E-state index is 0.255. The predicted octanol–water partition coefficient (Wildman–Crippen LogP) is 2.60. The number of fused-ring (bicyclic) bond motifs is 1.